The third-order valence-corrected chi connectivity index (χ3v) is 4.42. The summed E-state index contributed by atoms with van der Waals surface area (Å²) in [6.45, 7) is 4.83. The summed E-state index contributed by atoms with van der Waals surface area (Å²) in [5, 5.41) is 9.66. The Balaban J connectivity index is 1.86. The number of hydrogen-bond donors (Lipinski definition) is 1. The number of aliphatic imine (C=N–C) groups is 1. The Labute approximate surface area is 137 Å². The van der Waals surface area contributed by atoms with Gasteiger partial charge in [-0.15, -0.1) is 0 Å². The first-order valence-corrected chi connectivity index (χ1v) is 9.36. The van der Waals surface area contributed by atoms with Gasteiger partial charge in [-0.2, -0.15) is 0 Å². The van der Waals surface area contributed by atoms with Crippen LogP contribution in [0, 0.1) is 0 Å². The predicted octanol–water partition coefficient (Wildman–Crippen LogP) is 4.90. The van der Waals surface area contributed by atoms with Crippen molar-refractivity contribution in [2.45, 2.75) is 96.9 Å². The van der Waals surface area contributed by atoms with Crippen molar-refractivity contribution in [3.8, 4) is 0 Å². The van der Waals surface area contributed by atoms with Crippen molar-refractivity contribution in [1.82, 2.24) is 4.90 Å². The van der Waals surface area contributed by atoms with E-state index in [9.17, 15) is 5.11 Å². The summed E-state index contributed by atoms with van der Waals surface area (Å²) >= 11 is 0. The summed E-state index contributed by atoms with van der Waals surface area (Å²) in [6.07, 6.45) is 20.7. The van der Waals surface area contributed by atoms with Crippen molar-refractivity contribution in [2.24, 2.45) is 4.99 Å². The molecule has 1 heterocycles. The first-order chi connectivity index (χ1) is 10.8. The van der Waals surface area contributed by atoms with E-state index >= 15 is 0 Å². The van der Waals surface area contributed by atoms with Gasteiger partial charge in [0.05, 0.1) is 0 Å². The third-order valence-electron chi connectivity index (χ3n) is 4.42. The quantitative estimate of drug-likeness (QED) is 0.388. The van der Waals surface area contributed by atoms with Crippen molar-refractivity contribution in [3.63, 3.8) is 0 Å². The molecule has 0 aromatic rings. The Morgan fingerprint density at radius 3 is 2.36 bits per heavy atom. The minimum atomic E-state index is -0.375. The molecule has 1 aliphatic heterocycles. The average Bonchev–Trinajstić information content (AvgIpc) is 2.97. The zero-order valence-electron chi connectivity index (χ0n) is 14.7. The van der Waals surface area contributed by atoms with Gasteiger partial charge in [0.2, 0.25) is 0 Å². The highest BCUT2D eigenvalue weighted by Crippen LogP contribution is 2.17. The van der Waals surface area contributed by atoms with Crippen molar-refractivity contribution in [3.05, 3.63) is 12.2 Å². The molecule has 1 rings (SSSR count). The molecule has 0 saturated carbocycles. The van der Waals surface area contributed by atoms with E-state index in [4.69, 9.17) is 0 Å². The van der Waals surface area contributed by atoms with Crippen LogP contribution in [0.2, 0.25) is 0 Å². The molecule has 1 aliphatic rings. The second kappa shape index (κ2) is 12.8. The average molecular weight is 309 g/mol. The number of aliphatic hydroxyl groups excluding tert-OH is 1. The molecule has 3 heteroatoms. The van der Waals surface area contributed by atoms with Crippen LogP contribution in [0.15, 0.2) is 17.1 Å². The van der Waals surface area contributed by atoms with E-state index < -0.39 is 0 Å². The number of hydrogen-bond acceptors (Lipinski definition) is 3. The van der Waals surface area contributed by atoms with E-state index in [0.29, 0.717) is 0 Å². The van der Waals surface area contributed by atoms with Gasteiger partial charge >= 0.3 is 0 Å². The second-order valence-electron chi connectivity index (χ2n) is 6.43. The van der Waals surface area contributed by atoms with E-state index in [0.717, 1.165) is 13.0 Å². The molecule has 0 aromatic heterocycles. The third kappa shape index (κ3) is 8.70. The standard InChI is InChI=1S/C19H36N2O/c1-3-4-5-6-7-8-9-10-11-12-13-14-15-19-20-16-17-21(19)18(2)22/h4-5,16,18-19,22H,3,6-15,17H2,1-2H3/b5-4+. The highest BCUT2D eigenvalue weighted by atomic mass is 16.3. The van der Waals surface area contributed by atoms with Gasteiger partial charge in [0.15, 0.2) is 0 Å². The Bertz CT molecular complexity index is 313. The van der Waals surface area contributed by atoms with Crippen molar-refractivity contribution in [1.29, 1.82) is 0 Å². The minimum Gasteiger partial charge on any atom is -0.379 e. The van der Waals surface area contributed by atoms with Gasteiger partial charge in [-0.3, -0.25) is 9.89 Å². The van der Waals surface area contributed by atoms with Crippen molar-refractivity contribution >= 4 is 6.21 Å². The SMILES string of the molecule is CC/C=C/CCCCCCCCCCC1N=CCN1C(C)O. The first kappa shape index (κ1) is 19.4. The van der Waals surface area contributed by atoms with Gasteiger partial charge in [-0.05, 0) is 39.0 Å². The maximum Gasteiger partial charge on any atom is 0.106 e. The van der Waals surface area contributed by atoms with Crippen LogP contribution in [-0.2, 0) is 0 Å². The minimum absolute atomic E-state index is 0.219. The fourth-order valence-corrected chi connectivity index (χ4v) is 3.05. The number of nitrogens with zero attached hydrogens (tertiary/aromatic N) is 2. The van der Waals surface area contributed by atoms with E-state index in [1.165, 1.54) is 64.2 Å². The summed E-state index contributed by atoms with van der Waals surface area (Å²) in [6, 6.07) is 0. The topological polar surface area (TPSA) is 35.8 Å². The molecule has 0 radical (unpaired) electrons. The van der Waals surface area contributed by atoms with Crippen molar-refractivity contribution < 1.29 is 5.11 Å². The van der Waals surface area contributed by atoms with Crippen LogP contribution in [0.25, 0.3) is 0 Å². The zero-order chi connectivity index (χ0) is 16.0. The molecule has 0 aromatic carbocycles. The smallest absolute Gasteiger partial charge is 0.106 e. The molecule has 2 atom stereocenters. The monoisotopic (exact) mass is 308 g/mol. The van der Waals surface area contributed by atoms with Crippen LogP contribution in [0.3, 0.4) is 0 Å². The van der Waals surface area contributed by atoms with Gasteiger partial charge in [0.25, 0.3) is 0 Å². The lowest BCUT2D eigenvalue weighted by atomic mass is 10.1. The Kier molecular flexibility index (Phi) is 11.3. The van der Waals surface area contributed by atoms with E-state index in [1.807, 2.05) is 13.1 Å². The lowest BCUT2D eigenvalue weighted by Gasteiger charge is -2.25. The summed E-state index contributed by atoms with van der Waals surface area (Å²) in [4.78, 5) is 6.53. The largest absolute Gasteiger partial charge is 0.379 e. The van der Waals surface area contributed by atoms with Gasteiger partial charge < -0.3 is 5.11 Å². The summed E-state index contributed by atoms with van der Waals surface area (Å²) in [7, 11) is 0. The highest BCUT2D eigenvalue weighted by Gasteiger charge is 2.23. The van der Waals surface area contributed by atoms with Crippen LogP contribution in [0.5, 0.6) is 0 Å². The molecule has 128 valence electrons. The lowest BCUT2D eigenvalue weighted by Crippen LogP contribution is -2.37. The predicted molar refractivity (Wildman–Crippen MR) is 96.3 cm³/mol. The zero-order valence-corrected chi connectivity index (χ0v) is 14.7. The van der Waals surface area contributed by atoms with Crippen LogP contribution in [0.4, 0.5) is 0 Å². The number of rotatable bonds is 13. The molecule has 0 spiro atoms. The molecule has 2 unspecified atom stereocenters. The van der Waals surface area contributed by atoms with Crippen LogP contribution >= 0.6 is 0 Å². The number of aliphatic hydroxyl groups is 1. The van der Waals surface area contributed by atoms with E-state index in [1.54, 1.807) is 0 Å². The maximum absolute atomic E-state index is 9.66. The molecular weight excluding hydrogens is 272 g/mol. The molecule has 1 N–H and O–H groups in total. The Morgan fingerprint density at radius 1 is 1.09 bits per heavy atom. The van der Waals surface area contributed by atoms with Gasteiger partial charge in [-0.25, -0.2) is 0 Å². The van der Waals surface area contributed by atoms with Gasteiger partial charge in [0.1, 0.15) is 12.4 Å². The Hall–Kier alpha value is -0.670. The molecule has 0 amide bonds. The second-order valence-corrected chi connectivity index (χ2v) is 6.43. The molecular formula is C19H36N2O. The summed E-state index contributed by atoms with van der Waals surface area (Å²) in [5.74, 6) is 0. The number of allylic oxidation sites excluding steroid dienone is 2. The maximum atomic E-state index is 9.66. The van der Waals surface area contributed by atoms with Gasteiger partial charge in [-0.1, -0.05) is 57.6 Å². The fourth-order valence-electron chi connectivity index (χ4n) is 3.05. The van der Waals surface area contributed by atoms with Crippen molar-refractivity contribution in [2.75, 3.05) is 6.54 Å². The summed E-state index contributed by atoms with van der Waals surface area (Å²) < 4.78 is 0. The van der Waals surface area contributed by atoms with Gasteiger partial charge in [0, 0.05) is 12.8 Å². The number of unbranched alkanes of at least 4 members (excludes halogenated alkanes) is 8. The molecule has 0 fully saturated rings. The van der Waals surface area contributed by atoms with E-state index in [-0.39, 0.29) is 12.4 Å². The van der Waals surface area contributed by atoms with Crippen LogP contribution in [0.1, 0.15) is 84.5 Å². The first-order valence-electron chi connectivity index (χ1n) is 9.36. The van der Waals surface area contributed by atoms with E-state index in [2.05, 4.69) is 29.0 Å². The van der Waals surface area contributed by atoms with Crippen LogP contribution < -0.4 is 0 Å². The highest BCUT2D eigenvalue weighted by molar-refractivity contribution is 5.62. The normalized spacial score (nSPS) is 20.2. The fraction of sp³-hybridized carbons (Fsp3) is 0.842. The molecule has 3 nitrogen and oxygen atoms in total. The molecule has 0 aliphatic carbocycles. The lowest BCUT2D eigenvalue weighted by molar-refractivity contribution is 0.00710. The molecule has 0 saturated heterocycles. The van der Waals surface area contributed by atoms with Crippen LogP contribution in [-0.4, -0.2) is 35.2 Å². The summed E-state index contributed by atoms with van der Waals surface area (Å²) in [5.41, 5.74) is 0. The molecule has 0 bridgehead atoms. The molecule has 22 heavy (non-hydrogen) atoms. The Morgan fingerprint density at radius 2 is 1.73 bits per heavy atom.